The summed E-state index contributed by atoms with van der Waals surface area (Å²) in [6.07, 6.45) is 2.54. The topological polar surface area (TPSA) is 54.0 Å². The van der Waals surface area contributed by atoms with Gasteiger partial charge in [-0.05, 0) is 36.6 Å². The second-order valence-corrected chi connectivity index (χ2v) is 5.59. The van der Waals surface area contributed by atoms with Crippen LogP contribution in [0, 0.1) is 17.6 Å². The first-order valence-corrected chi connectivity index (χ1v) is 7.42. The van der Waals surface area contributed by atoms with Crippen molar-refractivity contribution in [2.45, 2.75) is 20.3 Å². The van der Waals surface area contributed by atoms with Gasteiger partial charge >= 0.3 is 0 Å². The van der Waals surface area contributed by atoms with Crippen molar-refractivity contribution in [1.82, 2.24) is 4.98 Å². The lowest BCUT2D eigenvalue weighted by Crippen LogP contribution is -2.16. The molecule has 1 amide bonds. The summed E-state index contributed by atoms with van der Waals surface area (Å²) in [7, 11) is 0. The predicted octanol–water partition coefficient (Wildman–Crippen LogP) is 4.07. The highest BCUT2D eigenvalue weighted by atomic mass is 19.1. The number of anilines is 2. The van der Waals surface area contributed by atoms with Crippen molar-refractivity contribution in [3.8, 4) is 0 Å². The van der Waals surface area contributed by atoms with Gasteiger partial charge in [-0.15, -0.1) is 0 Å². The van der Waals surface area contributed by atoms with Crippen LogP contribution >= 0.6 is 0 Å². The number of benzene rings is 1. The third kappa shape index (κ3) is 4.74. The molecule has 4 nitrogen and oxygen atoms in total. The van der Waals surface area contributed by atoms with E-state index >= 15 is 0 Å². The molecule has 0 unspecified atom stereocenters. The number of hydrogen-bond donors (Lipinski definition) is 2. The standard InChI is InChI=1S/C17H19F2N3O/c1-11(2)8-9-20-12-6-7-15(21-10-12)17(23)22-16-13(18)4-3-5-14(16)19/h3-7,10-11,20H,8-9H2,1-2H3,(H,22,23). The van der Waals surface area contributed by atoms with E-state index in [0.29, 0.717) is 5.92 Å². The van der Waals surface area contributed by atoms with Gasteiger partial charge in [-0.1, -0.05) is 19.9 Å². The van der Waals surface area contributed by atoms with E-state index in [-0.39, 0.29) is 5.69 Å². The smallest absolute Gasteiger partial charge is 0.274 e. The monoisotopic (exact) mass is 319 g/mol. The Balaban J connectivity index is 2.00. The Kier molecular flexibility index (Phi) is 5.62. The summed E-state index contributed by atoms with van der Waals surface area (Å²) in [6, 6.07) is 6.60. The van der Waals surface area contributed by atoms with E-state index in [9.17, 15) is 13.6 Å². The van der Waals surface area contributed by atoms with E-state index < -0.39 is 23.2 Å². The van der Waals surface area contributed by atoms with Gasteiger partial charge in [-0.3, -0.25) is 4.79 Å². The van der Waals surface area contributed by atoms with Gasteiger partial charge in [0.15, 0.2) is 0 Å². The lowest BCUT2D eigenvalue weighted by atomic mass is 10.1. The first-order valence-electron chi connectivity index (χ1n) is 7.42. The number of para-hydroxylation sites is 1. The fraction of sp³-hybridized carbons (Fsp3) is 0.294. The van der Waals surface area contributed by atoms with Crippen LogP contribution in [0.5, 0.6) is 0 Å². The molecule has 0 aliphatic heterocycles. The molecule has 23 heavy (non-hydrogen) atoms. The van der Waals surface area contributed by atoms with Gasteiger partial charge < -0.3 is 10.6 Å². The molecule has 1 aromatic carbocycles. The summed E-state index contributed by atoms with van der Waals surface area (Å²) in [4.78, 5) is 16.0. The van der Waals surface area contributed by atoms with Gasteiger partial charge in [0.1, 0.15) is 23.0 Å². The summed E-state index contributed by atoms with van der Waals surface area (Å²) < 4.78 is 27.0. The number of carbonyl (C=O) groups is 1. The van der Waals surface area contributed by atoms with Crippen LogP contribution in [0.1, 0.15) is 30.8 Å². The second-order valence-electron chi connectivity index (χ2n) is 5.59. The highest BCUT2D eigenvalue weighted by Gasteiger charge is 2.14. The number of carbonyl (C=O) groups excluding carboxylic acids is 1. The second kappa shape index (κ2) is 7.67. The van der Waals surface area contributed by atoms with Crippen molar-refractivity contribution in [1.29, 1.82) is 0 Å². The molecule has 0 radical (unpaired) electrons. The maximum absolute atomic E-state index is 13.5. The minimum Gasteiger partial charge on any atom is -0.384 e. The molecule has 0 fully saturated rings. The third-order valence-electron chi connectivity index (χ3n) is 3.25. The number of aromatic nitrogens is 1. The predicted molar refractivity (Wildman–Crippen MR) is 86.5 cm³/mol. The third-order valence-corrected chi connectivity index (χ3v) is 3.25. The zero-order chi connectivity index (χ0) is 16.8. The van der Waals surface area contributed by atoms with Crippen molar-refractivity contribution in [2.75, 3.05) is 17.2 Å². The Morgan fingerprint density at radius 3 is 2.43 bits per heavy atom. The molecular formula is C17H19F2N3O. The molecule has 1 aromatic heterocycles. The Morgan fingerprint density at radius 2 is 1.87 bits per heavy atom. The highest BCUT2D eigenvalue weighted by Crippen LogP contribution is 2.19. The Morgan fingerprint density at radius 1 is 1.17 bits per heavy atom. The minimum atomic E-state index is -0.828. The molecule has 0 spiro atoms. The van der Waals surface area contributed by atoms with Crippen molar-refractivity contribution in [3.05, 3.63) is 53.9 Å². The van der Waals surface area contributed by atoms with Crippen molar-refractivity contribution >= 4 is 17.3 Å². The van der Waals surface area contributed by atoms with Gasteiger partial charge in [0, 0.05) is 6.54 Å². The van der Waals surface area contributed by atoms with Gasteiger partial charge in [0.2, 0.25) is 0 Å². The first kappa shape index (κ1) is 16.9. The number of nitrogens with zero attached hydrogens (tertiary/aromatic N) is 1. The lowest BCUT2D eigenvalue weighted by Gasteiger charge is -2.09. The number of hydrogen-bond acceptors (Lipinski definition) is 3. The van der Waals surface area contributed by atoms with Crippen LogP contribution in [0.15, 0.2) is 36.5 Å². The fourth-order valence-electron chi connectivity index (χ4n) is 1.93. The van der Waals surface area contributed by atoms with E-state index in [2.05, 4.69) is 29.5 Å². The van der Waals surface area contributed by atoms with Crippen LogP contribution in [0.3, 0.4) is 0 Å². The fourth-order valence-corrected chi connectivity index (χ4v) is 1.93. The van der Waals surface area contributed by atoms with Crippen molar-refractivity contribution in [2.24, 2.45) is 5.92 Å². The van der Waals surface area contributed by atoms with Crippen LogP contribution in [0.2, 0.25) is 0 Å². The molecule has 122 valence electrons. The van der Waals surface area contributed by atoms with Crippen molar-refractivity contribution in [3.63, 3.8) is 0 Å². The highest BCUT2D eigenvalue weighted by molar-refractivity contribution is 6.03. The van der Waals surface area contributed by atoms with E-state index in [1.807, 2.05) is 0 Å². The van der Waals surface area contributed by atoms with E-state index in [4.69, 9.17) is 0 Å². The van der Waals surface area contributed by atoms with Gasteiger partial charge in [-0.25, -0.2) is 13.8 Å². The number of pyridine rings is 1. The summed E-state index contributed by atoms with van der Waals surface area (Å²) in [5.41, 5.74) is 0.403. The zero-order valence-electron chi connectivity index (χ0n) is 13.1. The van der Waals surface area contributed by atoms with E-state index in [1.54, 1.807) is 6.07 Å². The van der Waals surface area contributed by atoms with E-state index in [0.717, 1.165) is 30.8 Å². The molecule has 0 bridgehead atoms. The van der Waals surface area contributed by atoms with Crippen LogP contribution in [-0.4, -0.2) is 17.4 Å². The molecular weight excluding hydrogens is 300 g/mol. The SMILES string of the molecule is CC(C)CCNc1ccc(C(=O)Nc2c(F)cccc2F)nc1. The van der Waals surface area contributed by atoms with Crippen LogP contribution < -0.4 is 10.6 Å². The average molecular weight is 319 g/mol. The quantitative estimate of drug-likeness (QED) is 0.844. The zero-order valence-corrected chi connectivity index (χ0v) is 13.1. The largest absolute Gasteiger partial charge is 0.384 e. The molecule has 0 aliphatic carbocycles. The molecule has 2 aromatic rings. The molecule has 1 heterocycles. The summed E-state index contributed by atoms with van der Waals surface area (Å²) in [6.45, 7) is 5.08. The number of halogens is 2. The molecule has 2 N–H and O–H groups in total. The summed E-state index contributed by atoms with van der Waals surface area (Å²) in [5.74, 6) is -1.73. The van der Waals surface area contributed by atoms with Crippen molar-refractivity contribution < 1.29 is 13.6 Å². The number of rotatable bonds is 6. The van der Waals surface area contributed by atoms with Gasteiger partial charge in [0.25, 0.3) is 5.91 Å². The Hall–Kier alpha value is -2.50. The van der Waals surface area contributed by atoms with Gasteiger partial charge in [0.05, 0.1) is 11.9 Å². The maximum Gasteiger partial charge on any atom is 0.274 e. The molecule has 0 aliphatic rings. The lowest BCUT2D eigenvalue weighted by molar-refractivity contribution is 0.102. The molecule has 0 saturated heterocycles. The Bertz CT molecular complexity index is 652. The van der Waals surface area contributed by atoms with E-state index in [1.165, 1.54) is 18.3 Å². The van der Waals surface area contributed by atoms with Crippen LogP contribution in [-0.2, 0) is 0 Å². The number of nitrogens with one attached hydrogen (secondary N) is 2. The van der Waals surface area contributed by atoms with Crippen LogP contribution in [0.25, 0.3) is 0 Å². The molecule has 0 saturated carbocycles. The number of amides is 1. The van der Waals surface area contributed by atoms with Crippen LogP contribution in [0.4, 0.5) is 20.2 Å². The maximum atomic E-state index is 13.5. The minimum absolute atomic E-state index is 0.0852. The molecule has 0 atom stereocenters. The van der Waals surface area contributed by atoms with Gasteiger partial charge in [-0.2, -0.15) is 0 Å². The normalized spacial score (nSPS) is 10.7. The Labute approximate surface area is 133 Å². The molecule has 6 heteroatoms. The average Bonchev–Trinajstić information content (AvgIpc) is 2.51. The summed E-state index contributed by atoms with van der Waals surface area (Å²) >= 11 is 0. The molecule has 2 rings (SSSR count). The first-order chi connectivity index (χ1) is 11.0. The summed E-state index contributed by atoms with van der Waals surface area (Å²) in [5, 5.41) is 5.40.